The van der Waals surface area contributed by atoms with Crippen molar-refractivity contribution in [2.24, 2.45) is 11.3 Å². The molecule has 0 saturated carbocycles. The average molecular weight is 415 g/mol. The highest BCUT2D eigenvalue weighted by molar-refractivity contribution is 5.66. The second kappa shape index (κ2) is 8.02. The summed E-state index contributed by atoms with van der Waals surface area (Å²) in [4.78, 5) is 15.8. The number of nitrogens with zero attached hydrogens (tertiary/aromatic N) is 2. The number of halogens is 3. The molecule has 0 spiro atoms. The first-order valence-electron chi connectivity index (χ1n) is 9.78. The van der Waals surface area contributed by atoms with Crippen LogP contribution in [0.3, 0.4) is 0 Å². The van der Waals surface area contributed by atoms with Crippen molar-refractivity contribution in [3.63, 3.8) is 0 Å². The number of rotatable bonds is 3. The molecule has 0 radical (unpaired) electrons. The van der Waals surface area contributed by atoms with Gasteiger partial charge in [0, 0.05) is 11.3 Å². The molecular formula is C23H24F3N3O. The van der Waals surface area contributed by atoms with E-state index in [1.165, 1.54) is 0 Å². The van der Waals surface area contributed by atoms with Gasteiger partial charge < -0.3 is 0 Å². The van der Waals surface area contributed by atoms with Gasteiger partial charge in [0.1, 0.15) is 0 Å². The molecule has 0 bridgehead atoms. The zero-order valence-corrected chi connectivity index (χ0v) is 17.2. The van der Waals surface area contributed by atoms with Gasteiger partial charge in [-0.1, -0.05) is 57.2 Å². The van der Waals surface area contributed by atoms with E-state index in [2.05, 4.69) is 31.0 Å². The fourth-order valence-electron chi connectivity index (χ4n) is 3.72. The van der Waals surface area contributed by atoms with Gasteiger partial charge in [0.25, 0.3) is 11.2 Å². The molecule has 1 atom stereocenters. The number of pyridine rings is 1. The number of alkyl halides is 3. The van der Waals surface area contributed by atoms with Crippen molar-refractivity contribution in [3.05, 3.63) is 75.5 Å². The number of nitrogens with one attached hydrogen (secondary N) is 1. The lowest BCUT2D eigenvalue weighted by Gasteiger charge is -2.33. The Morgan fingerprint density at radius 1 is 1.17 bits per heavy atom. The minimum Gasteiger partial charge on any atom is -0.297 e. The van der Waals surface area contributed by atoms with E-state index in [1.807, 2.05) is 6.08 Å². The summed E-state index contributed by atoms with van der Waals surface area (Å²) >= 11 is 0. The summed E-state index contributed by atoms with van der Waals surface area (Å²) in [5.41, 5.74) is 1.29. The normalized spacial score (nSPS) is 17.2. The maximum atomic E-state index is 13.5. The van der Waals surface area contributed by atoms with E-state index >= 15 is 0 Å². The molecule has 0 fully saturated rings. The molecule has 1 aliphatic carbocycles. The highest BCUT2D eigenvalue weighted by Gasteiger charge is 2.36. The molecule has 0 amide bonds. The summed E-state index contributed by atoms with van der Waals surface area (Å²) in [5.74, 6) is 0.486. The number of aromatic nitrogens is 1. The summed E-state index contributed by atoms with van der Waals surface area (Å²) < 4.78 is 41.7. The molecule has 0 aliphatic heterocycles. The summed E-state index contributed by atoms with van der Waals surface area (Å²) in [5, 5.41) is 0. The fraction of sp³-hybridized carbons (Fsp3) is 0.391. The first-order chi connectivity index (χ1) is 14.0. The first kappa shape index (κ1) is 21.7. The van der Waals surface area contributed by atoms with Crippen LogP contribution in [-0.4, -0.2) is 4.68 Å². The minimum absolute atomic E-state index is 0.0687. The number of allylic oxidation sites excluding steroid dienone is 2. The number of hydrogen-bond donors (Lipinski definition) is 1. The van der Waals surface area contributed by atoms with Crippen molar-refractivity contribution in [2.75, 3.05) is 5.43 Å². The molecule has 1 aromatic carbocycles. The Balaban J connectivity index is 2.11. The smallest absolute Gasteiger partial charge is 0.297 e. The second-order valence-corrected chi connectivity index (χ2v) is 8.59. The van der Waals surface area contributed by atoms with Crippen molar-refractivity contribution in [3.8, 4) is 11.3 Å². The van der Waals surface area contributed by atoms with Gasteiger partial charge in [-0.05, 0) is 36.7 Å². The lowest BCUT2D eigenvalue weighted by atomic mass is 9.74. The third kappa shape index (κ3) is 4.43. The van der Waals surface area contributed by atoms with Crippen LogP contribution in [0.2, 0.25) is 0 Å². The highest BCUT2D eigenvalue weighted by atomic mass is 19.4. The summed E-state index contributed by atoms with van der Waals surface area (Å²) in [6.45, 7) is 13.7. The van der Waals surface area contributed by atoms with Crippen molar-refractivity contribution >= 4 is 5.69 Å². The van der Waals surface area contributed by atoms with Crippen LogP contribution >= 0.6 is 0 Å². The van der Waals surface area contributed by atoms with Gasteiger partial charge in [-0.3, -0.25) is 10.2 Å². The molecule has 1 N–H and O–H groups in total. The second-order valence-electron chi connectivity index (χ2n) is 8.59. The summed E-state index contributed by atoms with van der Waals surface area (Å²) in [6.07, 6.45) is -0.399. The van der Waals surface area contributed by atoms with Gasteiger partial charge in [-0.25, -0.2) is 9.52 Å². The lowest BCUT2D eigenvalue weighted by molar-refractivity contribution is -0.136. The molecule has 1 aliphatic rings. The van der Waals surface area contributed by atoms with E-state index in [4.69, 9.17) is 6.57 Å². The van der Waals surface area contributed by atoms with Crippen LogP contribution in [0.15, 0.2) is 53.0 Å². The van der Waals surface area contributed by atoms with Gasteiger partial charge in [0.15, 0.2) is 0 Å². The average Bonchev–Trinajstić information content (AvgIpc) is 2.68. The van der Waals surface area contributed by atoms with E-state index in [0.717, 1.165) is 29.3 Å². The Labute approximate surface area is 173 Å². The molecule has 1 heterocycles. The van der Waals surface area contributed by atoms with Crippen molar-refractivity contribution in [1.29, 1.82) is 0 Å². The van der Waals surface area contributed by atoms with Gasteiger partial charge in [-0.2, -0.15) is 13.2 Å². The number of hydrogen-bond acceptors (Lipinski definition) is 2. The van der Waals surface area contributed by atoms with Gasteiger partial charge in [-0.15, -0.1) is 0 Å². The van der Waals surface area contributed by atoms with Crippen molar-refractivity contribution in [2.45, 2.75) is 46.2 Å². The molecule has 0 saturated heterocycles. The van der Waals surface area contributed by atoms with Gasteiger partial charge in [0.2, 0.25) is 0 Å². The number of benzene rings is 1. The van der Waals surface area contributed by atoms with E-state index in [0.29, 0.717) is 17.9 Å². The van der Waals surface area contributed by atoms with Crippen molar-refractivity contribution in [1.82, 2.24) is 4.68 Å². The summed E-state index contributed by atoms with van der Waals surface area (Å²) in [6, 6.07) is 9.26. The predicted octanol–water partition coefficient (Wildman–Crippen LogP) is 6.36. The topological polar surface area (TPSA) is 38.4 Å². The zero-order valence-electron chi connectivity index (χ0n) is 17.2. The first-order valence-corrected chi connectivity index (χ1v) is 9.78. The molecule has 2 aromatic rings. The predicted molar refractivity (Wildman–Crippen MR) is 112 cm³/mol. The van der Waals surface area contributed by atoms with Gasteiger partial charge >= 0.3 is 6.18 Å². The SMILES string of the molecule is [C-]#[N+]c1c(C(F)(F)F)cc(-c2ccccc2)n(NC2=CCC(C(C)(C)C)CC2)c1=O. The Morgan fingerprint density at radius 3 is 2.33 bits per heavy atom. The van der Waals surface area contributed by atoms with Crippen LogP contribution in [0.4, 0.5) is 18.9 Å². The minimum atomic E-state index is -4.80. The van der Waals surface area contributed by atoms with Crippen LogP contribution in [0.5, 0.6) is 0 Å². The fourth-order valence-corrected chi connectivity index (χ4v) is 3.72. The highest BCUT2D eigenvalue weighted by Crippen LogP contribution is 2.38. The molecule has 3 rings (SSSR count). The lowest BCUT2D eigenvalue weighted by Crippen LogP contribution is -2.33. The molecule has 158 valence electrons. The Kier molecular flexibility index (Phi) is 5.80. The summed E-state index contributed by atoms with van der Waals surface area (Å²) in [7, 11) is 0. The van der Waals surface area contributed by atoms with Crippen LogP contribution in [0.25, 0.3) is 16.1 Å². The Bertz CT molecular complexity index is 1050. The Morgan fingerprint density at radius 2 is 1.83 bits per heavy atom. The molecule has 4 nitrogen and oxygen atoms in total. The Hall–Kier alpha value is -3.01. The van der Waals surface area contributed by atoms with E-state index in [9.17, 15) is 18.0 Å². The third-order valence-electron chi connectivity index (χ3n) is 5.56. The maximum absolute atomic E-state index is 13.5. The van der Waals surface area contributed by atoms with E-state index in [-0.39, 0.29) is 11.1 Å². The van der Waals surface area contributed by atoms with Crippen LogP contribution in [0, 0.1) is 17.9 Å². The van der Waals surface area contributed by atoms with Gasteiger partial charge in [0.05, 0.1) is 17.8 Å². The van der Waals surface area contributed by atoms with Crippen LogP contribution < -0.4 is 11.0 Å². The van der Waals surface area contributed by atoms with Crippen LogP contribution in [0.1, 0.15) is 45.6 Å². The molecule has 7 heteroatoms. The standard InChI is InChI=1S/C23H24F3N3O/c1-22(2,3)16-10-12-17(13-11-16)28-29-19(15-8-6-5-7-9-15)14-18(23(24,25)26)20(27-4)21(29)30/h5-9,12,14,16,28H,10-11,13H2,1-3H3. The largest absolute Gasteiger partial charge is 0.407 e. The monoisotopic (exact) mass is 415 g/mol. The maximum Gasteiger partial charge on any atom is 0.407 e. The quantitative estimate of drug-likeness (QED) is 0.593. The molecule has 1 unspecified atom stereocenters. The molecular weight excluding hydrogens is 391 g/mol. The third-order valence-corrected chi connectivity index (χ3v) is 5.56. The van der Waals surface area contributed by atoms with Crippen molar-refractivity contribution < 1.29 is 13.2 Å². The van der Waals surface area contributed by atoms with E-state index < -0.39 is 23.0 Å². The molecule has 1 aromatic heterocycles. The zero-order chi connectivity index (χ0) is 22.1. The van der Waals surface area contributed by atoms with E-state index in [1.54, 1.807) is 30.3 Å². The van der Waals surface area contributed by atoms with Crippen LogP contribution in [-0.2, 0) is 6.18 Å². The molecule has 30 heavy (non-hydrogen) atoms.